The van der Waals surface area contributed by atoms with E-state index in [0.29, 0.717) is 6.54 Å². The first-order valence-corrected chi connectivity index (χ1v) is 8.44. The van der Waals surface area contributed by atoms with Crippen LogP contribution in [0.25, 0.3) is 0 Å². The third-order valence-electron chi connectivity index (χ3n) is 3.57. The molecule has 0 bridgehead atoms. The van der Waals surface area contributed by atoms with Crippen LogP contribution in [0.3, 0.4) is 0 Å². The normalized spacial score (nSPS) is 18.2. The number of hydrogen-bond acceptors (Lipinski definition) is 2. The number of guanidine groups is 1. The summed E-state index contributed by atoms with van der Waals surface area (Å²) < 4.78 is 1.13. The molecule has 1 saturated heterocycles. The molecule has 4 nitrogen and oxygen atoms in total. The third kappa shape index (κ3) is 6.42. The van der Waals surface area contributed by atoms with Crippen molar-refractivity contribution < 1.29 is 5.11 Å². The number of rotatable bonds is 5. The maximum Gasteiger partial charge on any atom is 0.194 e. The van der Waals surface area contributed by atoms with Crippen molar-refractivity contribution in [3.05, 3.63) is 34.3 Å². The zero-order valence-electron chi connectivity index (χ0n) is 13.0. The van der Waals surface area contributed by atoms with Crippen molar-refractivity contribution in [3.63, 3.8) is 0 Å². The summed E-state index contributed by atoms with van der Waals surface area (Å²) in [6, 6.07) is 8.42. The molecule has 1 atom stereocenters. The van der Waals surface area contributed by atoms with E-state index in [1.165, 1.54) is 5.56 Å². The lowest BCUT2D eigenvalue weighted by Gasteiger charge is -2.20. The number of aliphatic hydroxyl groups excluding tert-OH is 1. The lowest BCUT2D eigenvalue weighted by atomic mass is 10.1. The number of aliphatic hydroxyl groups is 1. The Morgan fingerprint density at radius 1 is 1.50 bits per heavy atom. The molecule has 1 fully saturated rings. The summed E-state index contributed by atoms with van der Waals surface area (Å²) in [5, 5.41) is 12.9. The van der Waals surface area contributed by atoms with Gasteiger partial charge >= 0.3 is 0 Å². The summed E-state index contributed by atoms with van der Waals surface area (Å²) in [5.41, 5.74) is 1.33. The predicted molar refractivity (Wildman–Crippen MR) is 106 cm³/mol. The van der Waals surface area contributed by atoms with E-state index in [-0.39, 0.29) is 30.1 Å². The maximum absolute atomic E-state index is 9.63. The lowest BCUT2D eigenvalue weighted by Crippen LogP contribution is -2.40. The molecule has 1 aliphatic heterocycles. The Morgan fingerprint density at radius 2 is 2.32 bits per heavy atom. The second kappa shape index (κ2) is 10.4. The van der Waals surface area contributed by atoms with Crippen molar-refractivity contribution in [2.75, 3.05) is 26.2 Å². The van der Waals surface area contributed by atoms with Crippen molar-refractivity contribution in [1.29, 1.82) is 0 Å². The van der Waals surface area contributed by atoms with Crippen molar-refractivity contribution >= 4 is 45.9 Å². The summed E-state index contributed by atoms with van der Waals surface area (Å²) in [5.74, 6) is 0.934. The molecule has 0 unspecified atom stereocenters. The van der Waals surface area contributed by atoms with Crippen LogP contribution in [0.2, 0.25) is 0 Å². The summed E-state index contributed by atoms with van der Waals surface area (Å²) in [6.07, 6.45) is 2.69. The van der Waals surface area contributed by atoms with Crippen molar-refractivity contribution in [2.45, 2.75) is 32.3 Å². The van der Waals surface area contributed by atoms with Gasteiger partial charge in [0, 0.05) is 30.7 Å². The number of aliphatic imine (C=N–C) groups is 1. The molecule has 124 valence electrons. The molecule has 22 heavy (non-hydrogen) atoms. The Morgan fingerprint density at radius 3 is 2.95 bits per heavy atom. The minimum absolute atomic E-state index is 0. The van der Waals surface area contributed by atoms with E-state index in [1.807, 2.05) is 6.07 Å². The fraction of sp³-hybridized carbons (Fsp3) is 0.562. The topological polar surface area (TPSA) is 47.9 Å². The van der Waals surface area contributed by atoms with Gasteiger partial charge in [-0.15, -0.1) is 24.0 Å². The van der Waals surface area contributed by atoms with Crippen LogP contribution in [0, 0.1) is 0 Å². The summed E-state index contributed by atoms with van der Waals surface area (Å²) >= 11 is 3.50. The van der Waals surface area contributed by atoms with Gasteiger partial charge in [-0.25, -0.2) is 0 Å². The number of likely N-dealkylation sites (tertiary alicyclic amines) is 1. The number of benzene rings is 1. The van der Waals surface area contributed by atoms with E-state index in [2.05, 4.69) is 56.3 Å². The van der Waals surface area contributed by atoms with Crippen LogP contribution in [-0.2, 0) is 6.42 Å². The Balaban J connectivity index is 0.00000242. The van der Waals surface area contributed by atoms with Gasteiger partial charge in [0.2, 0.25) is 0 Å². The molecule has 1 aliphatic rings. The minimum atomic E-state index is -0.212. The van der Waals surface area contributed by atoms with Gasteiger partial charge < -0.3 is 15.3 Å². The van der Waals surface area contributed by atoms with Gasteiger partial charge in [-0.2, -0.15) is 0 Å². The average molecular weight is 482 g/mol. The number of nitrogens with one attached hydrogen (secondary N) is 1. The van der Waals surface area contributed by atoms with Crippen molar-refractivity contribution in [1.82, 2.24) is 10.2 Å². The number of β-amino-alcohol motifs (C(OH)–C–C–N with tert-alkyl or cyclic N) is 1. The number of aryl methyl sites for hydroxylation is 1. The fourth-order valence-corrected chi connectivity index (χ4v) is 2.97. The molecular formula is C16H25BrIN3O. The fourth-order valence-electron chi connectivity index (χ4n) is 2.52. The lowest BCUT2D eigenvalue weighted by molar-refractivity contribution is 0.188. The predicted octanol–water partition coefficient (Wildman–Crippen LogP) is 3.03. The Labute approximate surface area is 158 Å². The van der Waals surface area contributed by atoms with Crippen molar-refractivity contribution in [3.8, 4) is 0 Å². The van der Waals surface area contributed by atoms with Gasteiger partial charge in [0.25, 0.3) is 0 Å². The first-order chi connectivity index (χ1) is 10.2. The van der Waals surface area contributed by atoms with Gasteiger partial charge in [0.05, 0.1) is 6.10 Å². The Bertz CT molecular complexity index is 484. The molecule has 2 N–H and O–H groups in total. The van der Waals surface area contributed by atoms with E-state index >= 15 is 0 Å². The summed E-state index contributed by atoms with van der Waals surface area (Å²) in [7, 11) is 0. The van der Waals surface area contributed by atoms with Gasteiger partial charge in [0.1, 0.15) is 0 Å². The molecule has 6 heteroatoms. The molecule has 0 spiro atoms. The molecule has 0 saturated carbocycles. The van der Waals surface area contributed by atoms with Crippen LogP contribution >= 0.6 is 39.9 Å². The summed E-state index contributed by atoms with van der Waals surface area (Å²) in [4.78, 5) is 6.82. The van der Waals surface area contributed by atoms with Crippen LogP contribution in [0.1, 0.15) is 25.3 Å². The highest BCUT2D eigenvalue weighted by Gasteiger charge is 2.22. The standard InChI is InChI=1S/C16H24BrN3O.HI/c1-2-18-16(20-10-8-15(21)12-20)19-9-4-6-13-5-3-7-14(17)11-13;/h3,5,7,11,15,21H,2,4,6,8-10,12H2,1H3,(H,18,19);1H/t15-;/m1./s1. The number of hydrogen-bond donors (Lipinski definition) is 2. The second-order valence-electron chi connectivity index (χ2n) is 5.36. The van der Waals surface area contributed by atoms with Crippen LogP contribution < -0.4 is 5.32 Å². The van der Waals surface area contributed by atoms with Gasteiger partial charge in [-0.05, 0) is 43.9 Å². The molecule has 0 aromatic heterocycles. The smallest absolute Gasteiger partial charge is 0.194 e. The highest BCUT2D eigenvalue weighted by atomic mass is 127. The minimum Gasteiger partial charge on any atom is -0.391 e. The number of halogens is 2. The maximum atomic E-state index is 9.63. The van der Waals surface area contributed by atoms with Gasteiger partial charge in [-0.3, -0.25) is 4.99 Å². The highest BCUT2D eigenvalue weighted by molar-refractivity contribution is 14.0. The second-order valence-corrected chi connectivity index (χ2v) is 6.27. The zero-order chi connectivity index (χ0) is 15.1. The van der Waals surface area contributed by atoms with Crippen LogP contribution in [0.4, 0.5) is 0 Å². The van der Waals surface area contributed by atoms with Crippen LogP contribution in [0.15, 0.2) is 33.7 Å². The van der Waals surface area contributed by atoms with E-state index in [4.69, 9.17) is 0 Å². The van der Waals surface area contributed by atoms with Crippen LogP contribution in [-0.4, -0.2) is 48.2 Å². The SMILES string of the molecule is CCNC(=NCCCc1cccc(Br)c1)N1CC[C@@H](O)C1.I. The zero-order valence-corrected chi connectivity index (χ0v) is 16.9. The molecule has 1 aromatic carbocycles. The first-order valence-electron chi connectivity index (χ1n) is 7.65. The largest absolute Gasteiger partial charge is 0.391 e. The van der Waals surface area contributed by atoms with Crippen molar-refractivity contribution in [2.24, 2.45) is 4.99 Å². The monoisotopic (exact) mass is 481 g/mol. The molecule has 0 aliphatic carbocycles. The summed E-state index contributed by atoms with van der Waals surface area (Å²) in [6.45, 7) is 5.32. The van der Waals surface area contributed by atoms with E-state index in [0.717, 1.165) is 49.3 Å². The Kier molecular flexibility index (Phi) is 9.35. The molecule has 0 radical (unpaired) electrons. The van der Waals surface area contributed by atoms with Gasteiger partial charge in [-0.1, -0.05) is 28.1 Å². The van der Waals surface area contributed by atoms with Crippen LogP contribution in [0.5, 0.6) is 0 Å². The highest BCUT2D eigenvalue weighted by Crippen LogP contribution is 2.13. The molecule has 1 heterocycles. The molecule has 0 amide bonds. The van der Waals surface area contributed by atoms with Gasteiger partial charge in [0.15, 0.2) is 5.96 Å². The molecule has 2 rings (SSSR count). The quantitative estimate of drug-likeness (QED) is 0.294. The average Bonchev–Trinajstić information content (AvgIpc) is 2.89. The first kappa shape index (κ1) is 19.7. The third-order valence-corrected chi connectivity index (χ3v) is 4.07. The van der Waals surface area contributed by atoms with E-state index in [9.17, 15) is 5.11 Å². The molecular weight excluding hydrogens is 457 g/mol. The Hall–Kier alpha value is -0.340. The van der Waals surface area contributed by atoms with E-state index < -0.39 is 0 Å². The number of nitrogens with zero attached hydrogens (tertiary/aromatic N) is 2. The van der Waals surface area contributed by atoms with E-state index in [1.54, 1.807) is 0 Å². The molecule has 1 aromatic rings.